The van der Waals surface area contributed by atoms with Crippen molar-refractivity contribution in [2.75, 3.05) is 18.4 Å². The van der Waals surface area contributed by atoms with Crippen molar-refractivity contribution in [3.05, 3.63) is 41.7 Å². The molecular formula is C16H20N4. The minimum atomic E-state index is 0.670. The molecule has 1 aromatic carbocycles. The topological polar surface area (TPSA) is 63.8 Å². The molecule has 0 fully saturated rings. The number of nitrogens with zero attached hydrogens (tertiary/aromatic N) is 2. The van der Waals surface area contributed by atoms with Crippen LogP contribution in [0.5, 0.6) is 0 Å². The first-order valence-electron chi connectivity index (χ1n) is 7.25. The second-order valence-electron chi connectivity index (χ2n) is 5.20. The largest absolute Gasteiger partial charge is 0.354 e. The SMILES string of the molecule is NCCCNc1ncc(-c2ccc3c(c2)CCC3)cn1. The maximum absolute atomic E-state index is 5.46. The molecule has 3 rings (SSSR count). The van der Waals surface area contributed by atoms with Gasteiger partial charge in [-0.2, -0.15) is 0 Å². The number of aryl methyl sites for hydroxylation is 2. The third kappa shape index (κ3) is 2.80. The first-order chi connectivity index (χ1) is 9.86. The molecule has 2 aromatic rings. The molecule has 0 atom stereocenters. The molecule has 1 aliphatic rings. The Hall–Kier alpha value is -1.94. The van der Waals surface area contributed by atoms with Gasteiger partial charge in [-0.15, -0.1) is 0 Å². The Kier molecular flexibility index (Phi) is 3.92. The molecule has 1 aromatic heterocycles. The Morgan fingerprint density at radius 2 is 1.85 bits per heavy atom. The number of benzene rings is 1. The second-order valence-corrected chi connectivity index (χ2v) is 5.20. The summed E-state index contributed by atoms with van der Waals surface area (Å²) in [6.45, 7) is 1.49. The van der Waals surface area contributed by atoms with E-state index in [-0.39, 0.29) is 0 Å². The van der Waals surface area contributed by atoms with Crippen molar-refractivity contribution in [3.63, 3.8) is 0 Å². The number of hydrogen-bond donors (Lipinski definition) is 2. The van der Waals surface area contributed by atoms with Crippen molar-refractivity contribution in [2.45, 2.75) is 25.7 Å². The van der Waals surface area contributed by atoms with E-state index in [0.717, 1.165) is 18.5 Å². The van der Waals surface area contributed by atoms with Gasteiger partial charge in [-0.25, -0.2) is 9.97 Å². The van der Waals surface area contributed by atoms with Crippen molar-refractivity contribution >= 4 is 5.95 Å². The first kappa shape index (κ1) is 13.1. The molecular weight excluding hydrogens is 248 g/mol. The number of nitrogens with two attached hydrogens (primary N) is 1. The summed E-state index contributed by atoms with van der Waals surface area (Å²) in [6, 6.07) is 6.69. The predicted octanol–water partition coefficient (Wildman–Crippen LogP) is 2.39. The Morgan fingerprint density at radius 3 is 2.65 bits per heavy atom. The lowest BCUT2D eigenvalue weighted by molar-refractivity contribution is 0.864. The molecule has 104 valence electrons. The van der Waals surface area contributed by atoms with Crippen LogP contribution in [0.15, 0.2) is 30.6 Å². The molecule has 0 spiro atoms. The zero-order valence-corrected chi connectivity index (χ0v) is 11.6. The Morgan fingerprint density at radius 1 is 1.05 bits per heavy atom. The molecule has 0 bridgehead atoms. The average molecular weight is 268 g/mol. The van der Waals surface area contributed by atoms with Crippen LogP contribution in [-0.4, -0.2) is 23.1 Å². The number of fused-ring (bicyclic) bond motifs is 1. The minimum Gasteiger partial charge on any atom is -0.354 e. The van der Waals surface area contributed by atoms with Crippen LogP contribution < -0.4 is 11.1 Å². The lowest BCUT2D eigenvalue weighted by Gasteiger charge is -2.06. The maximum Gasteiger partial charge on any atom is 0.222 e. The maximum atomic E-state index is 5.46. The molecule has 1 aliphatic carbocycles. The molecule has 1 heterocycles. The van der Waals surface area contributed by atoms with Crippen molar-refractivity contribution in [1.29, 1.82) is 0 Å². The fourth-order valence-electron chi connectivity index (χ4n) is 2.62. The fourth-order valence-corrected chi connectivity index (χ4v) is 2.62. The Balaban J connectivity index is 1.74. The summed E-state index contributed by atoms with van der Waals surface area (Å²) in [5.74, 6) is 0.670. The van der Waals surface area contributed by atoms with E-state index in [1.54, 1.807) is 0 Å². The first-order valence-corrected chi connectivity index (χ1v) is 7.25. The van der Waals surface area contributed by atoms with Crippen molar-refractivity contribution < 1.29 is 0 Å². The Bertz CT molecular complexity index is 578. The highest BCUT2D eigenvalue weighted by atomic mass is 15.1. The molecule has 4 heteroatoms. The van der Waals surface area contributed by atoms with Crippen LogP contribution in [-0.2, 0) is 12.8 Å². The summed E-state index contributed by atoms with van der Waals surface area (Å²) in [4.78, 5) is 8.71. The average Bonchev–Trinajstić information content (AvgIpc) is 2.96. The molecule has 0 radical (unpaired) electrons. The van der Waals surface area contributed by atoms with Crippen molar-refractivity contribution in [3.8, 4) is 11.1 Å². The van der Waals surface area contributed by atoms with Crippen LogP contribution >= 0.6 is 0 Å². The molecule has 3 N–H and O–H groups in total. The van der Waals surface area contributed by atoms with Gasteiger partial charge in [-0.1, -0.05) is 18.2 Å². The summed E-state index contributed by atoms with van der Waals surface area (Å²) in [7, 11) is 0. The van der Waals surface area contributed by atoms with E-state index in [9.17, 15) is 0 Å². The number of rotatable bonds is 5. The van der Waals surface area contributed by atoms with E-state index in [1.165, 1.54) is 36.0 Å². The number of hydrogen-bond acceptors (Lipinski definition) is 4. The molecule has 0 aliphatic heterocycles. The third-order valence-electron chi connectivity index (χ3n) is 3.75. The summed E-state index contributed by atoms with van der Waals surface area (Å²) in [5.41, 5.74) is 10.7. The summed E-state index contributed by atoms with van der Waals surface area (Å²) < 4.78 is 0. The van der Waals surface area contributed by atoms with E-state index >= 15 is 0 Å². The number of nitrogens with one attached hydrogen (secondary N) is 1. The molecule has 0 saturated heterocycles. The van der Waals surface area contributed by atoms with Gasteiger partial charge in [-0.3, -0.25) is 0 Å². The molecule has 4 nitrogen and oxygen atoms in total. The van der Waals surface area contributed by atoms with Crippen LogP contribution in [0.25, 0.3) is 11.1 Å². The second kappa shape index (κ2) is 6.01. The number of aromatic nitrogens is 2. The number of anilines is 1. The normalized spacial score (nSPS) is 13.2. The monoisotopic (exact) mass is 268 g/mol. The van der Waals surface area contributed by atoms with Gasteiger partial charge in [0, 0.05) is 24.5 Å². The van der Waals surface area contributed by atoms with E-state index in [4.69, 9.17) is 5.73 Å². The minimum absolute atomic E-state index is 0.670. The smallest absolute Gasteiger partial charge is 0.222 e. The van der Waals surface area contributed by atoms with Crippen molar-refractivity contribution in [1.82, 2.24) is 9.97 Å². The molecule has 0 saturated carbocycles. The standard InChI is InChI=1S/C16H20N4/c17-7-2-8-18-16-19-10-15(11-20-16)14-6-5-12-3-1-4-13(12)9-14/h5-6,9-11H,1-4,7-8,17H2,(H,18,19,20). The third-order valence-corrected chi connectivity index (χ3v) is 3.75. The van der Waals surface area contributed by atoms with Crippen LogP contribution in [0.4, 0.5) is 5.95 Å². The van der Waals surface area contributed by atoms with Crippen LogP contribution in [0.1, 0.15) is 24.0 Å². The van der Waals surface area contributed by atoms with Crippen LogP contribution in [0, 0.1) is 0 Å². The predicted molar refractivity (Wildman–Crippen MR) is 81.7 cm³/mol. The van der Waals surface area contributed by atoms with Crippen LogP contribution in [0.2, 0.25) is 0 Å². The van der Waals surface area contributed by atoms with Gasteiger partial charge in [0.15, 0.2) is 0 Å². The van der Waals surface area contributed by atoms with E-state index in [0.29, 0.717) is 12.5 Å². The molecule has 0 unspecified atom stereocenters. The van der Waals surface area contributed by atoms with Crippen molar-refractivity contribution in [2.24, 2.45) is 5.73 Å². The molecule has 20 heavy (non-hydrogen) atoms. The zero-order chi connectivity index (χ0) is 13.8. The summed E-state index contributed by atoms with van der Waals surface area (Å²) in [5, 5.41) is 3.16. The Labute approximate surface area is 119 Å². The zero-order valence-electron chi connectivity index (χ0n) is 11.6. The summed E-state index contributed by atoms with van der Waals surface area (Å²) in [6.07, 6.45) is 8.39. The van der Waals surface area contributed by atoms with Gasteiger partial charge in [0.1, 0.15) is 0 Å². The van der Waals surface area contributed by atoms with E-state index in [1.807, 2.05) is 12.4 Å². The van der Waals surface area contributed by atoms with Gasteiger partial charge in [-0.05, 0) is 48.9 Å². The van der Waals surface area contributed by atoms with E-state index in [2.05, 4.69) is 33.5 Å². The fraction of sp³-hybridized carbons (Fsp3) is 0.375. The van der Waals surface area contributed by atoms with Gasteiger partial charge in [0.05, 0.1) is 0 Å². The quantitative estimate of drug-likeness (QED) is 0.817. The summed E-state index contributed by atoms with van der Waals surface area (Å²) >= 11 is 0. The highest BCUT2D eigenvalue weighted by Crippen LogP contribution is 2.27. The lowest BCUT2D eigenvalue weighted by atomic mass is 10.0. The highest BCUT2D eigenvalue weighted by molar-refractivity contribution is 5.64. The van der Waals surface area contributed by atoms with Gasteiger partial charge in [0.25, 0.3) is 0 Å². The van der Waals surface area contributed by atoms with Gasteiger partial charge >= 0.3 is 0 Å². The van der Waals surface area contributed by atoms with E-state index < -0.39 is 0 Å². The highest BCUT2D eigenvalue weighted by Gasteiger charge is 2.11. The van der Waals surface area contributed by atoms with Gasteiger partial charge in [0.2, 0.25) is 5.95 Å². The molecule has 0 amide bonds. The van der Waals surface area contributed by atoms with Crippen LogP contribution in [0.3, 0.4) is 0 Å². The van der Waals surface area contributed by atoms with Gasteiger partial charge < -0.3 is 11.1 Å². The lowest BCUT2D eigenvalue weighted by Crippen LogP contribution is -2.10.